The van der Waals surface area contributed by atoms with Gasteiger partial charge in [-0.2, -0.15) is 0 Å². The van der Waals surface area contributed by atoms with Gasteiger partial charge < -0.3 is 10.6 Å². The molecule has 19 heavy (non-hydrogen) atoms. The fraction of sp³-hybridized carbons (Fsp3) is 0.733. The highest BCUT2D eigenvalue weighted by Crippen LogP contribution is 2.33. The van der Waals surface area contributed by atoms with E-state index in [-0.39, 0.29) is 0 Å². The van der Waals surface area contributed by atoms with Crippen molar-refractivity contribution in [3.63, 3.8) is 0 Å². The van der Waals surface area contributed by atoms with Crippen molar-refractivity contribution in [1.29, 1.82) is 0 Å². The molecule has 0 radical (unpaired) electrons. The Morgan fingerprint density at radius 2 is 2.11 bits per heavy atom. The van der Waals surface area contributed by atoms with E-state index in [0.29, 0.717) is 12.0 Å². The van der Waals surface area contributed by atoms with Crippen LogP contribution in [0.4, 0.5) is 0 Å². The van der Waals surface area contributed by atoms with Gasteiger partial charge in [-0.3, -0.25) is 0 Å². The van der Waals surface area contributed by atoms with E-state index >= 15 is 0 Å². The smallest absolute Gasteiger partial charge is 0.0931 e. The first-order chi connectivity index (χ1) is 8.95. The Kier molecular flexibility index (Phi) is 5.29. The molecule has 0 aromatic carbocycles. The molecule has 4 heteroatoms. The lowest BCUT2D eigenvalue weighted by atomic mass is 9.72. The summed E-state index contributed by atoms with van der Waals surface area (Å²) in [6.45, 7) is 6.74. The van der Waals surface area contributed by atoms with Gasteiger partial charge in [0, 0.05) is 24.0 Å². The maximum absolute atomic E-state index is 6.36. The van der Waals surface area contributed by atoms with E-state index in [2.05, 4.69) is 31.9 Å². The van der Waals surface area contributed by atoms with Crippen molar-refractivity contribution in [2.75, 3.05) is 13.6 Å². The second-order valence-corrected chi connectivity index (χ2v) is 8.08. The van der Waals surface area contributed by atoms with Crippen LogP contribution in [0, 0.1) is 17.8 Å². The zero-order chi connectivity index (χ0) is 14.0. The van der Waals surface area contributed by atoms with Crippen molar-refractivity contribution in [2.45, 2.75) is 39.3 Å². The Bertz CT molecular complexity index is 395. The molecule has 1 heterocycles. The van der Waals surface area contributed by atoms with E-state index < -0.39 is 0 Å². The van der Waals surface area contributed by atoms with Crippen molar-refractivity contribution < 1.29 is 0 Å². The maximum Gasteiger partial charge on any atom is 0.0931 e. The first-order valence-electron chi connectivity index (χ1n) is 7.14. The van der Waals surface area contributed by atoms with Crippen molar-refractivity contribution in [3.8, 4) is 0 Å². The molecule has 108 valence electrons. The lowest BCUT2D eigenvalue weighted by Gasteiger charge is -2.39. The van der Waals surface area contributed by atoms with Gasteiger partial charge in [0.05, 0.1) is 4.34 Å². The second-order valence-electron chi connectivity index (χ2n) is 6.28. The minimum Gasteiger partial charge on any atom is -0.327 e. The van der Waals surface area contributed by atoms with Crippen LogP contribution in [0.3, 0.4) is 0 Å². The molecular formula is C15H25ClN2S. The Morgan fingerprint density at radius 1 is 1.37 bits per heavy atom. The number of hydrogen-bond acceptors (Lipinski definition) is 3. The van der Waals surface area contributed by atoms with E-state index in [4.69, 9.17) is 17.3 Å². The van der Waals surface area contributed by atoms with E-state index in [1.807, 2.05) is 6.07 Å². The highest BCUT2D eigenvalue weighted by Gasteiger charge is 2.32. The van der Waals surface area contributed by atoms with Gasteiger partial charge in [0.2, 0.25) is 0 Å². The first kappa shape index (κ1) is 15.3. The quantitative estimate of drug-likeness (QED) is 0.915. The summed E-state index contributed by atoms with van der Waals surface area (Å²) in [6, 6.07) is 4.45. The van der Waals surface area contributed by atoms with Gasteiger partial charge in [0.1, 0.15) is 0 Å². The summed E-state index contributed by atoms with van der Waals surface area (Å²) >= 11 is 7.65. The standard InChI is InChI=1S/C15H25ClN2S/c1-10-6-11(2)13(14(17)7-10)9-18(3)8-12-4-5-15(16)19-12/h4-5,10-11,13-14H,6-9,17H2,1-3H3. The first-order valence-corrected chi connectivity index (χ1v) is 8.33. The molecule has 1 aromatic rings. The Labute approximate surface area is 125 Å². The molecular weight excluding hydrogens is 276 g/mol. The van der Waals surface area contributed by atoms with Crippen molar-refractivity contribution in [1.82, 2.24) is 4.90 Å². The van der Waals surface area contributed by atoms with Crippen LogP contribution in [0.5, 0.6) is 0 Å². The minimum absolute atomic E-state index is 0.355. The Hall–Kier alpha value is -0.0900. The number of nitrogens with two attached hydrogens (primary N) is 1. The van der Waals surface area contributed by atoms with E-state index in [1.54, 1.807) is 11.3 Å². The van der Waals surface area contributed by atoms with Crippen LogP contribution in [0.2, 0.25) is 4.34 Å². The van der Waals surface area contributed by atoms with Gasteiger partial charge >= 0.3 is 0 Å². The van der Waals surface area contributed by atoms with Crippen molar-refractivity contribution in [2.24, 2.45) is 23.5 Å². The fourth-order valence-corrected chi connectivity index (χ4v) is 4.58. The highest BCUT2D eigenvalue weighted by molar-refractivity contribution is 7.16. The second kappa shape index (κ2) is 6.57. The average molecular weight is 301 g/mol. The molecule has 2 nitrogen and oxygen atoms in total. The molecule has 0 saturated heterocycles. The zero-order valence-electron chi connectivity index (χ0n) is 12.1. The third-order valence-corrected chi connectivity index (χ3v) is 5.52. The van der Waals surface area contributed by atoms with Gasteiger partial charge in [-0.1, -0.05) is 25.4 Å². The Morgan fingerprint density at radius 3 is 2.68 bits per heavy atom. The average Bonchev–Trinajstić information content (AvgIpc) is 2.69. The third kappa shape index (κ3) is 4.19. The molecule has 4 atom stereocenters. The predicted octanol–water partition coefficient (Wildman–Crippen LogP) is 3.84. The van der Waals surface area contributed by atoms with E-state index in [1.165, 1.54) is 17.7 Å². The number of nitrogens with zero attached hydrogens (tertiary/aromatic N) is 1. The molecule has 4 unspecified atom stereocenters. The summed E-state index contributed by atoms with van der Waals surface area (Å²) in [4.78, 5) is 3.72. The number of halogens is 1. The summed E-state index contributed by atoms with van der Waals surface area (Å²) in [5.74, 6) is 2.13. The molecule has 0 amide bonds. The monoisotopic (exact) mass is 300 g/mol. The molecule has 2 N–H and O–H groups in total. The van der Waals surface area contributed by atoms with Gasteiger partial charge in [-0.05, 0) is 49.8 Å². The van der Waals surface area contributed by atoms with Crippen molar-refractivity contribution in [3.05, 3.63) is 21.3 Å². The summed E-state index contributed by atoms with van der Waals surface area (Å²) in [5, 5.41) is 0. The summed E-state index contributed by atoms with van der Waals surface area (Å²) < 4.78 is 0.875. The minimum atomic E-state index is 0.355. The lowest BCUT2D eigenvalue weighted by molar-refractivity contribution is 0.128. The van der Waals surface area contributed by atoms with Crippen LogP contribution in [0.15, 0.2) is 12.1 Å². The molecule has 0 spiro atoms. The summed E-state index contributed by atoms with van der Waals surface area (Å²) in [6.07, 6.45) is 2.49. The van der Waals surface area contributed by atoms with Crippen LogP contribution in [-0.2, 0) is 6.54 Å². The SMILES string of the molecule is CC1CC(C)C(CN(C)Cc2ccc(Cl)s2)C(N)C1. The van der Waals surface area contributed by atoms with Gasteiger partial charge in [0.25, 0.3) is 0 Å². The van der Waals surface area contributed by atoms with Crippen LogP contribution >= 0.6 is 22.9 Å². The van der Waals surface area contributed by atoms with Crippen LogP contribution in [0.1, 0.15) is 31.6 Å². The molecule has 1 aromatic heterocycles. The zero-order valence-corrected chi connectivity index (χ0v) is 13.7. The topological polar surface area (TPSA) is 29.3 Å². The van der Waals surface area contributed by atoms with Crippen molar-refractivity contribution >= 4 is 22.9 Å². The molecule has 1 aliphatic carbocycles. The maximum atomic E-state index is 6.36. The lowest BCUT2D eigenvalue weighted by Crippen LogP contribution is -2.45. The predicted molar refractivity (Wildman–Crippen MR) is 84.7 cm³/mol. The summed E-state index contributed by atoms with van der Waals surface area (Å²) in [7, 11) is 2.19. The molecule has 2 rings (SSSR count). The highest BCUT2D eigenvalue weighted by atomic mass is 35.5. The molecule has 1 aliphatic rings. The molecule has 0 aliphatic heterocycles. The normalized spacial score (nSPS) is 31.9. The van der Waals surface area contributed by atoms with Crippen LogP contribution < -0.4 is 5.73 Å². The van der Waals surface area contributed by atoms with Gasteiger partial charge in [-0.15, -0.1) is 11.3 Å². The molecule has 1 fully saturated rings. The molecule has 0 bridgehead atoms. The van der Waals surface area contributed by atoms with Crippen LogP contribution in [0.25, 0.3) is 0 Å². The fourth-order valence-electron chi connectivity index (χ4n) is 3.41. The van der Waals surface area contributed by atoms with E-state index in [0.717, 1.165) is 29.3 Å². The number of thiophene rings is 1. The molecule has 1 saturated carbocycles. The number of hydrogen-bond donors (Lipinski definition) is 1. The third-order valence-electron chi connectivity index (χ3n) is 4.31. The van der Waals surface area contributed by atoms with E-state index in [9.17, 15) is 0 Å². The largest absolute Gasteiger partial charge is 0.327 e. The number of rotatable bonds is 4. The van der Waals surface area contributed by atoms with Gasteiger partial charge in [-0.25, -0.2) is 0 Å². The Balaban J connectivity index is 1.89. The summed E-state index contributed by atoms with van der Waals surface area (Å²) in [5.41, 5.74) is 6.36. The van der Waals surface area contributed by atoms with Crippen LogP contribution in [-0.4, -0.2) is 24.5 Å². The van der Waals surface area contributed by atoms with Gasteiger partial charge in [0.15, 0.2) is 0 Å².